The molecule has 1 aliphatic rings. The number of amides is 1. The van der Waals surface area contributed by atoms with Gasteiger partial charge in [-0.15, -0.1) is 0 Å². The van der Waals surface area contributed by atoms with Crippen molar-refractivity contribution in [3.8, 4) is 11.5 Å². The first kappa shape index (κ1) is 19.1. The van der Waals surface area contributed by atoms with Crippen LogP contribution in [0.4, 0.5) is 5.69 Å². The first-order chi connectivity index (χ1) is 13.0. The quantitative estimate of drug-likeness (QED) is 0.811. The van der Waals surface area contributed by atoms with Gasteiger partial charge < -0.3 is 19.3 Å². The van der Waals surface area contributed by atoms with E-state index in [0.29, 0.717) is 13.1 Å². The number of nitrogens with zero attached hydrogens (tertiary/aromatic N) is 2. The van der Waals surface area contributed by atoms with Gasteiger partial charge in [0.05, 0.1) is 12.8 Å². The Balaban J connectivity index is 1.59. The maximum Gasteiger partial charge on any atom is 0.263 e. The number of aryl methyl sites for hydroxylation is 2. The third kappa shape index (κ3) is 4.54. The van der Waals surface area contributed by atoms with E-state index in [2.05, 4.69) is 17.0 Å². The van der Waals surface area contributed by atoms with E-state index in [1.807, 2.05) is 56.0 Å². The summed E-state index contributed by atoms with van der Waals surface area (Å²) in [4.78, 5) is 16.9. The highest BCUT2D eigenvalue weighted by Crippen LogP contribution is 2.28. The first-order valence-corrected chi connectivity index (χ1v) is 9.39. The van der Waals surface area contributed by atoms with Crippen molar-refractivity contribution in [1.82, 2.24) is 4.90 Å². The molecule has 27 heavy (non-hydrogen) atoms. The topological polar surface area (TPSA) is 42.0 Å². The van der Waals surface area contributed by atoms with Gasteiger partial charge in [-0.05, 0) is 56.2 Å². The fraction of sp³-hybridized carbons (Fsp3) is 0.409. The molecule has 5 heteroatoms. The van der Waals surface area contributed by atoms with Crippen molar-refractivity contribution in [2.45, 2.75) is 26.9 Å². The van der Waals surface area contributed by atoms with E-state index in [1.54, 1.807) is 7.11 Å². The molecule has 1 unspecified atom stereocenters. The summed E-state index contributed by atoms with van der Waals surface area (Å²) in [6.45, 7) is 8.80. The van der Waals surface area contributed by atoms with E-state index in [-0.39, 0.29) is 5.91 Å². The van der Waals surface area contributed by atoms with E-state index in [9.17, 15) is 4.79 Å². The Labute approximate surface area is 161 Å². The predicted octanol–water partition coefficient (Wildman–Crippen LogP) is 3.43. The van der Waals surface area contributed by atoms with E-state index in [0.717, 1.165) is 41.4 Å². The SMILES string of the molecule is COc1ccccc1N1CCN(C(=O)C(C)Oc2cc(C)cc(C)c2)CC1. The van der Waals surface area contributed by atoms with Gasteiger partial charge in [0.15, 0.2) is 6.10 Å². The van der Waals surface area contributed by atoms with Crippen LogP contribution < -0.4 is 14.4 Å². The Hall–Kier alpha value is -2.69. The highest BCUT2D eigenvalue weighted by Gasteiger charge is 2.27. The van der Waals surface area contributed by atoms with Crippen LogP contribution in [-0.2, 0) is 4.79 Å². The number of anilines is 1. The Bertz CT molecular complexity index is 778. The highest BCUT2D eigenvalue weighted by molar-refractivity contribution is 5.81. The van der Waals surface area contributed by atoms with Crippen molar-refractivity contribution in [3.05, 3.63) is 53.6 Å². The largest absolute Gasteiger partial charge is 0.495 e. The Morgan fingerprint density at radius 2 is 1.63 bits per heavy atom. The molecule has 2 aromatic carbocycles. The average Bonchev–Trinajstić information content (AvgIpc) is 2.66. The molecule has 1 aliphatic heterocycles. The number of rotatable bonds is 5. The van der Waals surface area contributed by atoms with Gasteiger partial charge in [0.2, 0.25) is 0 Å². The fourth-order valence-electron chi connectivity index (χ4n) is 3.57. The lowest BCUT2D eigenvalue weighted by atomic mass is 10.1. The molecule has 2 aromatic rings. The number of para-hydroxylation sites is 2. The number of hydrogen-bond donors (Lipinski definition) is 0. The van der Waals surface area contributed by atoms with E-state index in [1.165, 1.54) is 0 Å². The predicted molar refractivity (Wildman–Crippen MR) is 108 cm³/mol. The molecule has 1 atom stereocenters. The normalized spacial score (nSPS) is 15.4. The number of carbonyl (C=O) groups excluding carboxylic acids is 1. The summed E-state index contributed by atoms with van der Waals surface area (Å²) < 4.78 is 11.4. The van der Waals surface area contributed by atoms with Crippen molar-refractivity contribution in [1.29, 1.82) is 0 Å². The van der Waals surface area contributed by atoms with Gasteiger partial charge in [-0.25, -0.2) is 0 Å². The Morgan fingerprint density at radius 3 is 2.26 bits per heavy atom. The number of methoxy groups -OCH3 is 1. The molecule has 0 aromatic heterocycles. The zero-order valence-electron chi connectivity index (χ0n) is 16.6. The van der Waals surface area contributed by atoms with Crippen LogP contribution in [-0.4, -0.2) is 50.2 Å². The molecule has 0 bridgehead atoms. The summed E-state index contributed by atoms with van der Waals surface area (Å²) >= 11 is 0. The molecular formula is C22H28N2O3. The van der Waals surface area contributed by atoms with Crippen LogP contribution in [0.3, 0.4) is 0 Å². The van der Waals surface area contributed by atoms with E-state index >= 15 is 0 Å². The molecule has 0 saturated carbocycles. The Morgan fingerprint density at radius 1 is 1.00 bits per heavy atom. The van der Waals surface area contributed by atoms with Gasteiger partial charge in [-0.1, -0.05) is 18.2 Å². The van der Waals surface area contributed by atoms with Gasteiger partial charge >= 0.3 is 0 Å². The lowest BCUT2D eigenvalue weighted by Gasteiger charge is -2.37. The summed E-state index contributed by atoms with van der Waals surface area (Å²) in [6.07, 6.45) is -0.496. The van der Waals surface area contributed by atoms with Crippen molar-refractivity contribution in [2.24, 2.45) is 0 Å². The van der Waals surface area contributed by atoms with Crippen molar-refractivity contribution in [2.75, 3.05) is 38.2 Å². The zero-order valence-corrected chi connectivity index (χ0v) is 16.6. The lowest BCUT2D eigenvalue weighted by Crippen LogP contribution is -2.52. The van der Waals surface area contributed by atoms with Crippen LogP contribution in [0, 0.1) is 13.8 Å². The van der Waals surface area contributed by atoms with E-state index in [4.69, 9.17) is 9.47 Å². The van der Waals surface area contributed by atoms with Crippen molar-refractivity contribution in [3.63, 3.8) is 0 Å². The molecule has 0 N–H and O–H groups in total. The second-order valence-corrected chi connectivity index (χ2v) is 7.07. The van der Waals surface area contributed by atoms with Crippen LogP contribution in [0.1, 0.15) is 18.1 Å². The number of piperazine rings is 1. The number of carbonyl (C=O) groups is 1. The highest BCUT2D eigenvalue weighted by atomic mass is 16.5. The van der Waals surface area contributed by atoms with Gasteiger partial charge in [-0.2, -0.15) is 0 Å². The minimum Gasteiger partial charge on any atom is -0.495 e. The third-order valence-corrected chi connectivity index (χ3v) is 4.87. The molecule has 1 saturated heterocycles. The zero-order chi connectivity index (χ0) is 19.4. The number of ether oxygens (including phenoxy) is 2. The molecule has 3 rings (SSSR count). The van der Waals surface area contributed by atoms with Gasteiger partial charge in [0.25, 0.3) is 5.91 Å². The van der Waals surface area contributed by atoms with Crippen LogP contribution in [0.2, 0.25) is 0 Å². The first-order valence-electron chi connectivity index (χ1n) is 9.39. The van der Waals surface area contributed by atoms with Crippen LogP contribution in [0.15, 0.2) is 42.5 Å². The van der Waals surface area contributed by atoms with Crippen LogP contribution in [0.25, 0.3) is 0 Å². The van der Waals surface area contributed by atoms with Crippen molar-refractivity contribution >= 4 is 11.6 Å². The minimum atomic E-state index is -0.496. The molecule has 0 spiro atoms. The summed E-state index contributed by atoms with van der Waals surface area (Å²) in [6, 6.07) is 14.0. The monoisotopic (exact) mass is 368 g/mol. The standard InChI is InChI=1S/C22H28N2O3/c1-16-13-17(2)15-19(14-16)27-18(3)22(25)24-11-9-23(10-12-24)20-7-5-6-8-21(20)26-4/h5-8,13-15,18H,9-12H2,1-4H3. The van der Waals surface area contributed by atoms with Crippen LogP contribution >= 0.6 is 0 Å². The second-order valence-electron chi connectivity index (χ2n) is 7.07. The van der Waals surface area contributed by atoms with Gasteiger partial charge in [0.1, 0.15) is 11.5 Å². The summed E-state index contributed by atoms with van der Waals surface area (Å²) in [5, 5.41) is 0. The maximum absolute atomic E-state index is 12.8. The average molecular weight is 368 g/mol. The molecule has 0 aliphatic carbocycles. The summed E-state index contributed by atoms with van der Waals surface area (Å²) in [5.74, 6) is 1.65. The molecule has 1 amide bonds. The minimum absolute atomic E-state index is 0.0360. The molecule has 1 fully saturated rings. The molecular weight excluding hydrogens is 340 g/mol. The summed E-state index contributed by atoms with van der Waals surface area (Å²) in [7, 11) is 1.69. The third-order valence-electron chi connectivity index (χ3n) is 4.87. The van der Waals surface area contributed by atoms with Gasteiger partial charge in [-0.3, -0.25) is 4.79 Å². The second kappa shape index (κ2) is 8.33. The fourth-order valence-corrected chi connectivity index (χ4v) is 3.57. The summed E-state index contributed by atoms with van der Waals surface area (Å²) in [5.41, 5.74) is 3.34. The van der Waals surface area contributed by atoms with Crippen LogP contribution in [0.5, 0.6) is 11.5 Å². The maximum atomic E-state index is 12.8. The number of hydrogen-bond acceptors (Lipinski definition) is 4. The van der Waals surface area contributed by atoms with Crippen molar-refractivity contribution < 1.29 is 14.3 Å². The molecule has 0 radical (unpaired) electrons. The number of benzene rings is 2. The smallest absolute Gasteiger partial charge is 0.263 e. The molecule has 5 nitrogen and oxygen atoms in total. The Kier molecular flexibility index (Phi) is 5.89. The van der Waals surface area contributed by atoms with Gasteiger partial charge in [0, 0.05) is 26.2 Å². The molecule has 1 heterocycles. The molecule has 144 valence electrons. The lowest BCUT2D eigenvalue weighted by molar-refractivity contribution is -0.138. The van der Waals surface area contributed by atoms with E-state index < -0.39 is 6.10 Å².